The Morgan fingerprint density at radius 3 is 0.806 bits per heavy atom. The predicted octanol–water partition coefficient (Wildman–Crippen LogP) is -4.31. The van der Waals surface area contributed by atoms with Crippen LogP contribution in [-0.4, -0.2) is 371 Å². The monoisotopic (exact) mass is 686 g/mol. The molecule has 24 heteroatoms. The molecule has 0 bridgehead atoms. The molecular weight excluding hydrogens is 663 g/mol. The molecule has 0 aromatic carbocycles. The van der Waals surface area contributed by atoms with Crippen LogP contribution < -0.4 is 0 Å². The number of hydrogen-bond acceptors (Lipinski definition) is 6. The SMILES string of the molecule is O=P(O)(O)C(=NCCCCCN=C(P(=O)(O)O)P(=O)(O)O)P(=O)(O)O.[KH].[KH].[KH].[KH].[KH].[KH]. The Morgan fingerprint density at radius 2 is 0.645 bits per heavy atom. The van der Waals surface area contributed by atoms with Gasteiger partial charge in [0.2, 0.25) is 10.4 Å². The van der Waals surface area contributed by atoms with Gasteiger partial charge in [0.25, 0.3) is 0 Å². The third-order valence-electron chi connectivity index (χ3n) is 2.36. The first-order chi connectivity index (χ1) is 11.0. The Hall–Kier alpha value is 9.76. The minimum absolute atomic E-state index is 0. The van der Waals surface area contributed by atoms with Gasteiger partial charge in [-0.25, -0.2) is 0 Å². The van der Waals surface area contributed by atoms with Crippen molar-refractivity contribution in [3.05, 3.63) is 0 Å². The summed E-state index contributed by atoms with van der Waals surface area (Å²) in [5, 5.41) is -3.08. The molecule has 0 aliphatic rings. The zero-order chi connectivity index (χ0) is 20.1. The topological polar surface area (TPSA) is 255 Å². The van der Waals surface area contributed by atoms with Crippen LogP contribution in [0.15, 0.2) is 9.98 Å². The van der Waals surface area contributed by atoms with Crippen LogP contribution in [0.5, 0.6) is 0 Å². The van der Waals surface area contributed by atoms with E-state index in [0.717, 1.165) is 0 Å². The molecule has 0 heterocycles. The van der Waals surface area contributed by atoms with Crippen LogP contribution in [0.3, 0.4) is 0 Å². The fourth-order valence-corrected chi connectivity index (χ4v) is 5.32. The van der Waals surface area contributed by atoms with E-state index < -0.39 is 40.8 Å². The van der Waals surface area contributed by atoms with Gasteiger partial charge in [-0.3, -0.25) is 28.2 Å². The van der Waals surface area contributed by atoms with E-state index in [1.165, 1.54) is 0 Å². The molecule has 0 radical (unpaired) electrons. The molecule has 31 heavy (non-hydrogen) atoms. The average Bonchev–Trinajstić information content (AvgIpc) is 2.30. The van der Waals surface area contributed by atoms with E-state index in [2.05, 4.69) is 9.98 Å². The maximum atomic E-state index is 10.9. The van der Waals surface area contributed by atoms with Crippen LogP contribution in [0.4, 0.5) is 0 Å². The summed E-state index contributed by atoms with van der Waals surface area (Å²) >= 11 is 0. The Kier molecular flexibility index (Phi) is 49.8. The molecule has 0 atom stereocenters. The van der Waals surface area contributed by atoms with E-state index in [0.29, 0.717) is 0 Å². The summed E-state index contributed by atoms with van der Waals surface area (Å²) in [6, 6.07) is 0. The average molecular weight is 687 g/mol. The first kappa shape index (κ1) is 56.5. The second kappa shape index (κ2) is 27.3. The van der Waals surface area contributed by atoms with E-state index in [1.54, 1.807) is 0 Å². The zero-order valence-corrected chi connectivity index (χ0v) is 16.0. The summed E-state index contributed by atoms with van der Waals surface area (Å²) in [5.41, 5.74) is 0. The van der Waals surface area contributed by atoms with Crippen molar-refractivity contribution in [3.63, 3.8) is 0 Å². The first-order valence-corrected chi connectivity index (χ1v) is 12.8. The Labute approximate surface area is 434 Å². The molecule has 0 amide bonds. The fraction of sp³-hybridized carbons (Fsp3) is 0.714. The van der Waals surface area contributed by atoms with Gasteiger partial charge in [-0.2, -0.15) is 0 Å². The minimum atomic E-state index is -5.22. The van der Waals surface area contributed by atoms with Crippen LogP contribution in [0.1, 0.15) is 19.3 Å². The van der Waals surface area contributed by atoms with Crippen molar-refractivity contribution in [2.24, 2.45) is 9.98 Å². The van der Waals surface area contributed by atoms with Gasteiger partial charge < -0.3 is 39.1 Å². The van der Waals surface area contributed by atoms with Crippen molar-refractivity contribution >= 4 is 349 Å². The maximum absolute atomic E-state index is 10.9. The molecule has 0 unspecified atom stereocenters. The molecule has 0 saturated heterocycles. The molecular formula is C7H24K6N2O12P4. The zero-order valence-electron chi connectivity index (χ0n) is 12.4. The van der Waals surface area contributed by atoms with Gasteiger partial charge >= 0.3 is 339 Å². The summed E-state index contributed by atoms with van der Waals surface area (Å²) in [7, 11) is -20.9. The first-order valence-electron chi connectivity index (χ1n) is 6.30. The molecule has 160 valence electrons. The van der Waals surface area contributed by atoms with Crippen molar-refractivity contribution in [1.29, 1.82) is 0 Å². The third-order valence-corrected chi connectivity index (χ3v) is 8.14. The Morgan fingerprint density at radius 1 is 0.452 bits per heavy atom. The number of hydrogen-bond donors (Lipinski definition) is 8. The predicted molar refractivity (Wildman–Crippen MR) is 130 cm³/mol. The summed E-state index contributed by atoms with van der Waals surface area (Å²) in [6.45, 7) is -0.696. The van der Waals surface area contributed by atoms with E-state index >= 15 is 0 Å². The van der Waals surface area contributed by atoms with Gasteiger partial charge in [0.1, 0.15) is 0 Å². The van der Waals surface area contributed by atoms with Gasteiger partial charge in [-0.1, -0.05) is 0 Å². The second-order valence-electron chi connectivity index (χ2n) is 4.60. The van der Waals surface area contributed by atoms with Crippen LogP contribution in [0.2, 0.25) is 0 Å². The van der Waals surface area contributed by atoms with Crippen molar-refractivity contribution in [3.8, 4) is 0 Å². The second-order valence-corrected chi connectivity index (χ2v) is 11.4. The summed E-state index contributed by atoms with van der Waals surface area (Å²) < 4.78 is 43.7. The van der Waals surface area contributed by atoms with Crippen molar-refractivity contribution in [2.75, 3.05) is 13.1 Å². The summed E-state index contributed by atoms with van der Waals surface area (Å²) in [4.78, 5) is 76.7. The summed E-state index contributed by atoms with van der Waals surface area (Å²) in [5.74, 6) is 0. The molecule has 0 aliphatic heterocycles. The van der Waals surface area contributed by atoms with Crippen LogP contribution in [0.25, 0.3) is 0 Å². The molecule has 0 saturated carbocycles. The number of rotatable bonds is 10. The van der Waals surface area contributed by atoms with Gasteiger partial charge in [0.15, 0.2) is 0 Å². The normalized spacial score (nSPS) is 10.8. The number of nitrogens with zero attached hydrogens (tertiary/aromatic N) is 2. The molecule has 0 spiro atoms. The van der Waals surface area contributed by atoms with Gasteiger partial charge in [-0.15, -0.1) is 0 Å². The van der Waals surface area contributed by atoms with E-state index in [1.807, 2.05) is 0 Å². The number of unbranched alkanes of at least 4 members (excludes halogenated alkanes) is 2. The Bertz CT molecular complexity index is 621. The van der Waals surface area contributed by atoms with Crippen molar-refractivity contribution in [2.45, 2.75) is 19.3 Å². The van der Waals surface area contributed by atoms with Crippen molar-refractivity contribution < 1.29 is 57.4 Å². The number of aliphatic imine (C=N–C) groups is 2. The van der Waals surface area contributed by atoms with Crippen LogP contribution >= 0.6 is 30.4 Å². The standard InChI is InChI=1S/C7H18N2O12P4.6K.6H/c10-22(11,12)6(23(13,14)15)8-4-2-1-3-5-9-7(24(16,17)18)25(19,20)21;;;;;;;;;;;;/h1-5H2,(H2,10,11,12)(H2,13,14,15)(H2,16,17,18)(H2,19,20,21);;;;;;;;;;;;. The Balaban J connectivity index is -0.000000192. The molecule has 0 aromatic rings. The molecule has 0 rings (SSSR count). The molecule has 8 N–H and O–H groups in total. The van der Waals surface area contributed by atoms with Gasteiger partial charge in [0, 0.05) is 13.1 Å². The van der Waals surface area contributed by atoms with Crippen molar-refractivity contribution in [1.82, 2.24) is 0 Å². The van der Waals surface area contributed by atoms with E-state index in [-0.39, 0.29) is 341 Å². The van der Waals surface area contributed by atoms with Gasteiger partial charge in [0.05, 0.1) is 0 Å². The molecule has 0 aromatic heterocycles. The van der Waals surface area contributed by atoms with Crippen LogP contribution in [0, 0.1) is 0 Å². The van der Waals surface area contributed by atoms with E-state index in [9.17, 15) is 18.3 Å². The van der Waals surface area contributed by atoms with E-state index in [4.69, 9.17) is 39.1 Å². The van der Waals surface area contributed by atoms with Crippen LogP contribution in [-0.2, 0) is 18.3 Å². The molecule has 0 aliphatic carbocycles. The third kappa shape index (κ3) is 29.6. The quantitative estimate of drug-likeness (QED) is 0.0470. The summed E-state index contributed by atoms with van der Waals surface area (Å²) in [6.07, 6.45) is 0.360. The van der Waals surface area contributed by atoms with Gasteiger partial charge in [-0.05, 0) is 19.3 Å². The molecule has 14 nitrogen and oxygen atoms in total. The molecule has 0 fully saturated rings. The fourth-order valence-electron chi connectivity index (χ4n) is 1.47.